The summed E-state index contributed by atoms with van der Waals surface area (Å²) in [5, 5.41) is 3.78. The first kappa shape index (κ1) is 19.8. The van der Waals surface area contributed by atoms with Gasteiger partial charge in [-0.05, 0) is 25.1 Å². The molecule has 1 atom stereocenters. The lowest BCUT2D eigenvalue weighted by Gasteiger charge is -2.22. The van der Waals surface area contributed by atoms with Crippen LogP contribution >= 0.6 is 36.2 Å². The van der Waals surface area contributed by atoms with Gasteiger partial charge < -0.3 is 10.2 Å². The van der Waals surface area contributed by atoms with E-state index in [1.165, 1.54) is 23.6 Å². The van der Waals surface area contributed by atoms with Crippen molar-refractivity contribution in [2.45, 2.75) is 12.5 Å². The van der Waals surface area contributed by atoms with E-state index in [1.54, 1.807) is 23.1 Å². The van der Waals surface area contributed by atoms with E-state index in [1.807, 2.05) is 7.05 Å². The van der Waals surface area contributed by atoms with Crippen molar-refractivity contribution in [1.82, 2.24) is 15.2 Å². The van der Waals surface area contributed by atoms with Gasteiger partial charge in [-0.15, -0.1) is 36.2 Å². The van der Waals surface area contributed by atoms with Crippen molar-refractivity contribution < 1.29 is 9.18 Å². The normalized spacial score (nSPS) is 16.3. The molecule has 1 N–H and O–H groups in total. The Morgan fingerprint density at radius 2 is 2.13 bits per heavy atom. The van der Waals surface area contributed by atoms with Gasteiger partial charge in [0, 0.05) is 25.2 Å². The van der Waals surface area contributed by atoms with E-state index in [0.717, 1.165) is 19.5 Å². The molecule has 23 heavy (non-hydrogen) atoms. The lowest BCUT2D eigenvalue weighted by Crippen LogP contribution is -2.37. The van der Waals surface area contributed by atoms with Crippen LogP contribution in [0.3, 0.4) is 0 Å². The van der Waals surface area contributed by atoms with Crippen molar-refractivity contribution in [2.24, 2.45) is 0 Å². The Balaban J connectivity index is 0.00000132. The Hall–Kier alpha value is -1.21. The standard InChI is InChI=1S/C15H16FN3OS.2ClH/c1-19(10-6-7-17-8-10)15(20)13-9-18-14(21-13)11-4-2-3-5-12(11)16;;/h2-5,9-10,17H,6-8H2,1H3;2*1H. The zero-order chi connectivity index (χ0) is 14.8. The number of benzene rings is 1. The molecular formula is C15H18Cl2FN3OS. The molecule has 3 rings (SSSR count). The van der Waals surface area contributed by atoms with Crippen molar-refractivity contribution in [1.29, 1.82) is 0 Å². The Kier molecular flexibility index (Phi) is 7.41. The van der Waals surface area contributed by atoms with Crippen LogP contribution in [0.15, 0.2) is 30.5 Å². The molecule has 0 aliphatic carbocycles. The van der Waals surface area contributed by atoms with Gasteiger partial charge in [-0.2, -0.15) is 0 Å². The van der Waals surface area contributed by atoms with Crippen molar-refractivity contribution in [3.63, 3.8) is 0 Å². The molecule has 1 amide bonds. The summed E-state index contributed by atoms with van der Waals surface area (Å²) in [6, 6.07) is 6.69. The molecule has 0 spiro atoms. The molecule has 1 aromatic carbocycles. The second-order valence-corrected chi connectivity index (χ2v) is 6.10. The van der Waals surface area contributed by atoms with Gasteiger partial charge in [-0.3, -0.25) is 4.79 Å². The molecule has 1 unspecified atom stereocenters. The average Bonchev–Trinajstić information content (AvgIpc) is 3.17. The minimum atomic E-state index is -0.320. The van der Waals surface area contributed by atoms with Gasteiger partial charge in [-0.1, -0.05) is 12.1 Å². The van der Waals surface area contributed by atoms with Crippen LogP contribution in [-0.4, -0.2) is 42.0 Å². The maximum absolute atomic E-state index is 13.8. The molecule has 1 saturated heterocycles. The predicted octanol–water partition coefficient (Wildman–Crippen LogP) is 3.23. The highest BCUT2D eigenvalue weighted by atomic mass is 35.5. The van der Waals surface area contributed by atoms with E-state index in [9.17, 15) is 9.18 Å². The number of hydrogen-bond acceptors (Lipinski definition) is 4. The number of amides is 1. The SMILES string of the molecule is CN(C(=O)c1cnc(-c2ccccc2F)s1)C1CCNC1.Cl.Cl. The number of aromatic nitrogens is 1. The fourth-order valence-electron chi connectivity index (χ4n) is 2.44. The number of rotatable bonds is 3. The van der Waals surface area contributed by atoms with Gasteiger partial charge in [0.25, 0.3) is 5.91 Å². The number of thiazole rings is 1. The summed E-state index contributed by atoms with van der Waals surface area (Å²) < 4.78 is 13.8. The molecule has 2 aromatic rings. The number of hydrogen-bond donors (Lipinski definition) is 1. The first-order valence-corrected chi connectivity index (χ1v) is 7.67. The smallest absolute Gasteiger partial charge is 0.265 e. The van der Waals surface area contributed by atoms with Crippen LogP contribution in [0.25, 0.3) is 10.6 Å². The largest absolute Gasteiger partial charge is 0.337 e. The lowest BCUT2D eigenvalue weighted by atomic mass is 10.2. The predicted molar refractivity (Wildman–Crippen MR) is 95.4 cm³/mol. The van der Waals surface area contributed by atoms with Crippen LogP contribution < -0.4 is 5.32 Å². The summed E-state index contributed by atoms with van der Waals surface area (Å²) in [5.74, 6) is -0.372. The van der Waals surface area contributed by atoms with E-state index < -0.39 is 0 Å². The molecule has 1 aliphatic heterocycles. The van der Waals surface area contributed by atoms with Crippen LogP contribution in [0.2, 0.25) is 0 Å². The number of carbonyl (C=O) groups is 1. The lowest BCUT2D eigenvalue weighted by molar-refractivity contribution is 0.0748. The first-order chi connectivity index (χ1) is 10.2. The zero-order valence-electron chi connectivity index (χ0n) is 12.5. The highest BCUT2D eigenvalue weighted by molar-refractivity contribution is 7.16. The molecule has 0 saturated carbocycles. The second kappa shape index (κ2) is 8.59. The number of nitrogens with zero attached hydrogens (tertiary/aromatic N) is 2. The summed E-state index contributed by atoms with van der Waals surface area (Å²) in [7, 11) is 1.81. The van der Waals surface area contributed by atoms with Crippen LogP contribution in [0.1, 0.15) is 16.1 Å². The first-order valence-electron chi connectivity index (χ1n) is 6.85. The van der Waals surface area contributed by atoms with Gasteiger partial charge >= 0.3 is 0 Å². The summed E-state index contributed by atoms with van der Waals surface area (Å²) in [4.78, 5) is 18.9. The minimum Gasteiger partial charge on any atom is -0.337 e. The van der Waals surface area contributed by atoms with Crippen molar-refractivity contribution in [2.75, 3.05) is 20.1 Å². The topological polar surface area (TPSA) is 45.2 Å². The molecule has 2 heterocycles. The third-order valence-electron chi connectivity index (χ3n) is 3.72. The van der Waals surface area contributed by atoms with E-state index in [0.29, 0.717) is 15.4 Å². The Morgan fingerprint density at radius 1 is 1.39 bits per heavy atom. The number of carbonyl (C=O) groups excluding carboxylic acids is 1. The average molecular weight is 378 g/mol. The molecule has 0 radical (unpaired) electrons. The van der Waals surface area contributed by atoms with Gasteiger partial charge in [-0.25, -0.2) is 9.37 Å². The fraction of sp³-hybridized carbons (Fsp3) is 0.333. The van der Waals surface area contributed by atoms with Crippen LogP contribution in [0, 0.1) is 5.82 Å². The van der Waals surface area contributed by atoms with Gasteiger partial charge in [0.15, 0.2) is 0 Å². The highest BCUT2D eigenvalue weighted by Gasteiger charge is 2.25. The van der Waals surface area contributed by atoms with E-state index in [2.05, 4.69) is 10.3 Å². The minimum absolute atomic E-state index is 0. The molecule has 1 fully saturated rings. The molecule has 126 valence electrons. The molecule has 4 nitrogen and oxygen atoms in total. The second-order valence-electron chi connectivity index (χ2n) is 5.07. The Labute approximate surface area is 150 Å². The Bertz CT molecular complexity index is 662. The zero-order valence-corrected chi connectivity index (χ0v) is 14.9. The maximum atomic E-state index is 13.8. The quantitative estimate of drug-likeness (QED) is 0.892. The number of nitrogens with one attached hydrogen (secondary N) is 1. The number of likely N-dealkylation sites (N-methyl/N-ethyl adjacent to an activating group) is 1. The van der Waals surface area contributed by atoms with E-state index in [-0.39, 0.29) is 42.6 Å². The van der Waals surface area contributed by atoms with Gasteiger partial charge in [0.1, 0.15) is 15.7 Å². The van der Waals surface area contributed by atoms with Crippen LogP contribution in [-0.2, 0) is 0 Å². The van der Waals surface area contributed by atoms with Crippen LogP contribution in [0.5, 0.6) is 0 Å². The Morgan fingerprint density at radius 3 is 2.78 bits per heavy atom. The summed E-state index contributed by atoms with van der Waals surface area (Å²) >= 11 is 1.23. The van der Waals surface area contributed by atoms with Crippen molar-refractivity contribution >= 4 is 42.1 Å². The fourth-order valence-corrected chi connectivity index (χ4v) is 3.37. The summed E-state index contributed by atoms with van der Waals surface area (Å²) in [6.07, 6.45) is 2.49. The van der Waals surface area contributed by atoms with Gasteiger partial charge in [0.2, 0.25) is 0 Å². The van der Waals surface area contributed by atoms with Crippen LogP contribution in [0.4, 0.5) is 4.39 Å². The van der Waals surface area contributed by atoms with Gasteiger partial charge in [0.05, 0.1) is 6.20 Å². The molecule has 1 aliphatic rings. The van der Waals surface area contributed by atoms with Crippen molar-refractivity contribution in [3.8, 4) is 10.6 Å². The molecule has 1 aromatic heterocycles. The molecule has 8 heteroatoms. The summed E-state index contributed by atoms with van der Waals surface area (Å²) in [6.45, 7) is 1.76. The van der Waals surface area contributed by atoms with E-state index in [4.69, 9.17) is 0 Å². The molecule has 0 bridgehead atoms. The number of halogens is 3. The third-order valence-corrected chi connectivity index (χ3v) is 4.74. The monoisotopic (exact) mass is 377 g/mol. The van der Waals surface area contributed by atoms with E-state index >= 15 is 0 Å². The molecular weight excluding hydrogens is 360 g/mol. The maximum Gasteiger partial charge on any atom is 0.265 e. The third kappa shape index (κ3) is 4.20. The highest BCUT2D eigenvalue weighted by Crippen LogP contribution is 2.28. The summed E-state index contributed by atoms with van der Waals surface area (Å²) in [5.41, 5.74) is 0.437. The van der Waals surface area contributed by atoms with Crippen molar-refractivity contribution in [3.05, 3.63) is 41.2 Å².